The van der Waals surface area contributed by atoms with E-state index in [1.165, 1.54) is 0 Å². The van der Waals surface area contributed by atoms with E-state index < -0.39 is 10.4 Å². The average molecular weight is 172 g/mol. The first-order valence-electron chi connectivity index (χ1n) is 2.68. The van der Waals surface area contributed by atoms with Crippen molar-refractivity contribution < 1.29 is 18.6 Å². The molecular formula is C4H14NO4S+. The van der Waals surface area contributed by atoms with Gasteiger partial charge in [0.1, 0.15) is 0 Å². The summed E-state index contributed by atoms with van der Waals surface area (Å²) in [5.41, 5.74) is 0. The van der Waals surface area contributed by atoms with Crippen LogP contribution in [0.2, 0.25) is 0 Å². The summed E-state index contributed by atoms with van der Waals surface area (Å²) in [6.07, 6.45) is 1.48. The molecule has 4 N–H and O–H groups in total. The third kappa shape index (κ3) is 10.7. The van der Waals surface area contributed by atoms with Crippen LogP contribution in [0.15, 0.2) is 0 Å². The molecule has 64 valence electrons. The minimum Gasteiger partial charge on any atom is -0.344 e. The molecule has 0 saturated heterocycles. The summed E-state index contributed by atoms with van der Waals surface area (Å²) in [4.78, 5) is 0. The summed E-state index contributed by atoms with van der Waals surface area (Å²) in [7, 11) is -4.20. The lowest BCUT2D eigenvalue weighted by Crippen LogP contribution is -2.04. The molecule has 0 saturated carbocycles. The van der Waals surface area contributed by atoms with Crippen molar-refractivity contribution in [3.05, 3.63) is 0 Å². The number of rotatable bonds is 4. The molecule has 5 nitrogen and oxygen atoms in total. The first kappa shape index (κ1) is 12.5. The van der Waals surface area contributed by atoms with E-state index in [2.05, 4.69) is 4.18 Å². The van der Waals surface area contributed by atoms with Gasteiger partial charge in [0.2, 0.25) is 0 Å². The van der Waals surface area contributed by atoms with Crippen molar-refractivity contribution in [3.63, 3.8) is 0 Å². The second-order valence-corrected chi connectivity index (χ2v) is 2.69. The van der Waals surface area contributed by atoms with E-state index in [1.54, 1.807) is 0 Å². The van der Waals surface area contributed by atoms with Crippen LogP contribution in [0.25, 0.3) is 0 Å². The SMILES string of the molecule is CCCCOS(=O)(=O)O.N.[H+]. The van der Waals surface area contributed by atoms with E-state index >= 15 is 0 Å². The van der Waals surface area contributed by atoms with Crippen LogP contribution in [0.4, 0.5) is 0 Å². The van der Waals surface area contributed by atoms with Gasteiger partial charge in [-0.25, -0.2) is 4.18 Å². The number of hydrogen-bond donors (Lipinski definition) is 2. The highest BCUT2D eigenvalue weighted by molar-refractivity contribution is 7.80. The quantitative estimate of drug-likeness (QED) is 0.484. The van der Waals surface area contributed by atoms with Crippen molar-refractivity contribution in [3.8, 4) is 0 Å². The highest BCUT2D eigenvalue weighted by Gasteiger charge is 2.00. The van der Waals surface area contributed by atoms with Crippen molar-refractivity contribution in [2.24, 2.45) is 0 Å². The highest BCUT2D eigenvalue weighted by Crippen LogP contribution is 1.91. The molecule has 0 aromatic heterocycles. The summed E-state index contributed by atoms with van der Waals surface area (Å²) < 4.78 is 31.7. The fourth-order valence-electron chi connectivity index (χ4n) is 0.309. The molecule has 0 aliphatic rings. The van der Waals surface area contributed by atoms with Gasteiger partial charge in [0.15, 0.2) is 0 Å². The Morgan fingerprint density at radius 1 is 1.60 bits per heavy atom. The molecule has 10 heavy (non-hydrogen) atoms. The first-order chi connectivity index (χ1) is 4.06. The minimum absolute atomic E-state index is 0. The van der Waals surface area contributed by atoms with Crippen molar-refractivity contribution in [1.82, 2.24) is 6.15 Å². The van der Waals surface area contributed by atoms with Gasteiger partial charge >= 0.3 is 11.8 Å². The maximum atomic E-state index is 9.84. The zero-order chi connectivity index (χ0) is 7.33. The molecule has 0 rings (SSSR count). The summed E-state index contributed by atoms with van der Waals surface area (Å²) in [6.45, 7) is 1.96. The van der Waals surface area contributed by atoms with E-state index in [1.807, 2.05) is 6.92 Å². The fraction of sp³-hybridized carbons (Fsp3) is 1.00. The lowest BCUT2D eigenvalue weighted by atomic mass is 10.4. The maximum absolute atomic E-state index is 9.84. The Labute approximate surface area is 62.4 Å². The smallest absolute Gasteiger partial charge is 0.344 e. The minimum atomic E-state index is -4.20. The molecule has 0 bridgehead atoms. The summed E-state index contributed by atoms with van der Waals surface area (Å²) in [5.74, 6) is 0. The van der Waals surface area contributed by atoms with Crippen molar-refractivity contribution >= 4 is 10.4 Å². The predicted molar refractivity (Wildman–Crippen MR) is 38.5 cm³/mol. The second-order valence-electron chi connectivity index (χ2n) is 1.60. The Bertz CT molecular complexity index is 157. The van der Waals surface area contributed by atoms with Gasteiger partial charge in [0, 0.05) is 0 Å². The van der Waals surface area contributed by atoms with E-state index in [0.717, 1.165) is 6.42 Å². The number of hydrogen-bond acceptors (Lipinski definition) is 4. The average Bonchev–Trinajstić information content (AvgIpc) is 1.63. The van der Waals surface area contributed by atoms with Crippen LogP contribution in [0.5, 0.6) is 0 Å². The molecule has 0 unspecified atom stereocenters. The topological polar surface area (TPSA) is 98.6 Å². The molecule has 0 aromatic carbocycles. The molecule has 0 heterocycles. The lowest BCUT2D eigenvalue weighted by Gasteiger charge is -1.95. The first-order valence-corrected chi connectivity index (χ1v) is 4.04. The molecule has 0 atom stereocenters. The summed E-state index contributed by atoms with van der Waals surface area (Å²) >= 11 is 0. The Hall–Kier alpha value is -0.170. The van der Waals surface area contributed by atoms with Gasteiger partial charge in [0.05, 0.1) is 6.61 Å². The summed E-state index contributed by atoms with van der Waals surface area (Å²) in [5, 5.41) is 0. The van der Waals surface area contributed by atoms with Crippen LogP contribution in [0.1, 0.15) is 21.2 Å². The Morgan fingerprint density at radius 2 is 2.10 bits per heavy atom. The second kappa shape index (κ2) is 5.60. The third-order valence-corrected chi connectivity index (χ3v) is 1.19. The van der Waals surface area contributed by atoms with Crippen LogP contribution in [0.3, 0.4) is 0 Å². The third-order valence-electron chi connectivity index (χ3n) is 0.730. The van der Waals surface area contributed by atoms with E-state index in [9.17, 15) is 8.42 Å². The maximum Gasteiger partial charge on any atom is 1.00 e. The van der Waals surface area contributed by atoms with Gasteiger partial charge in [-0.2, -0.15) is 8.42 Å². The molecule has 0 aliphatic heterocycles. The van der Waals surface area contributed by atoms with Crippen LogP contribution in [0, 0.1) is 0 Å². The van der Waals surface area contributed by atoms with Crippen molar-refractivity contribution in [1.29, 1.82) is 0 Å². The monoisotopic (exact) mass is 172 g/mol. The molecular weight excluding hydrogens is 158 g/mol. The number of unbranched alkanes of at least 4 members (excludes halogenated alkanes) is 1. The van der Waals surface area contributed by atoms with Gasteiger partial charge in [-0.05, 0) is 6.42 Å². The van der Waals surface area contributed by atoms with Crippen LogP contribution in [-0.2, 0) is 14.6 Å². The summed E-state index contributed by atoms with van der Waals surface area (Å²) in [6, 6.07) is 0. The molecule has 6 heteroatoms. The largest absolute Gasteiger partial charge is 1.00 e. The van der Waals surface area contributed by atoms with Gasteiger partial charge in [0.25, 0.3) is 0 Å². The molecule has 0 aliphatic carbocycles. The van der Waals surface area contributed by atoms with E-state index in [0.29, 0.717) is 6.42 Å². The lowest BCUT2D eigenvalue weighted by molar-refractivity contribution is 0.264. The normalized spacial score (nSPS) is 10.6. The standard InChI is InChI=1S/C4H10O4S.H3N/c1-2-3-4-8-9(5,6)7;/h2-4H2,1H3,(H,5,6,7);1H3/p+1. The zero-order valence-electron chi connectivity index (χ0n) is 6.91. The zero-order valence-corrected chi connectivity index (χ0v) is 6.73. The van der Waals surface area contributed by atoms with Crippen molar-refractivity contribution in [2.75, 3.05) is 6.61 Å². The van der Waals surface area contributed by atoms with Crippen LogP contribution >= 0.6 is 0 Å². The Morgan fingerprint density at radius 3 is 2.40 bits per heavy atom. The highest BCUT2D eigenvalue weighted by atomic mass is 32.3. The van der Waals surface area contributed by atoms with Crippen molar-refractivity contribution in [2.45, 2.75) is 19.8 Å². The molecule has 0 amide bonds. The van der Waals surface area contributed by atoms with E-state index in [4.69, 9.17) is 4.55 Å². The Balaban J connectivity index is -0.000000320. The molecule has 0 radical (unpaired) electrons. The van der Waals surface area contributed by atoms with Gasteiger partial charge in [-0.1, -0.05) is 13.3 Å². The predicted octanol–water partition coefficient (Wildman–Crippen LogP) is 0.880. The van der Waals surface area contributed by atoms with Gasteiger partial charge in [-0.15, -0.1) is 0 Å². The van der Waals surface area contributed by atoms with Gasteiger partial charge in [-0.3, -0.25) is 4.55 Å². The van der Waals surface area contributed by atoms with Gasteiger partial charge < -0.3 is 6.15 Å². The molecule has 0 spiro atoms. The van der Waals surface area contributed by atoms with Crippen LogP contribution in [-0.4, -0.2) is 19.6 Å². The Kier molecular flexibility index (Phi) is 7.00. The fourth-order valence-corrected chi connectivity index (χ4v) is 0.637. The molecule has 0 fully saturated rings. The van der Waals surface area contributed by atoms with Crippen LogP contribution < -0.4 is 6.15 Å². The molecule has 0 aromatic rings. The van der Waals surface area contributed by atoms with E-state index in [-0.39, 0.29) is 14.2 Å².